The van der Waals surface area contributed by atoms with Crippen LogP contribution in [0.3, 0.4) is 0 Å². The molecule has 1 aliphatic carbocycles. The molecule has 8 heteroatoms. The average molecular weight is 302 g/mol. The number of sulfonamides is 1. The molecule has 2 rings (SSSR count). The zero-order chi connectivity index (χ0) is 14.8. The van der Waals surface area contributed by atoms with E-state index in [9.17, 15) is 8.42 Å². The predicted octanol–water partition coefficient (Wildman–Crippen LogP) is 0.866. The quantitative estimate of drug-likeness (QED) is 0.869. The van der Waals surface area contributed by atoms with Crippen molar-refractivity contribution in [2.45, 2.75) is 50.2 Å². The Labute approximate surface area is 119 Å². The minimum atomic E-state index is -3.86. The fourth-order valence-corrected chi connectivity index (χ4v) is 3.37. The van der Waals surface area contributed by atoms with Crippen molar-refractivity contribution < 1.29 is 13.2 Å². The molecule has 1 aromatic heterocycles. The Balaban J connectivity index is 2.30. The van der Waals surface area contributed by atoms with E-state index in [1.165, 1.54) is 0 Å². The fourth-order valence-electron chi connectivity index (χ4n) is 2.72. The van der Waals surface area contributed by atoms with Gasteiger partial charge in [-0.2, -0.15) is 0 Å². The van der Waals surface area contributed by atoms with Crippen molar-refractivity contribution in [3.05, 3.63) is 5.82 Å². The molecule has 0 aliphatic heterocycles. The number of hydrogen-bond acceptors (Lipinski definition) is 5. The second kappa shape index (κ2) is 6.19. The van der Waals surface area contributed by atoms with Gasteiger partial charge in [0, 0.05) is 19.6 Å². The van der Waals surface area contributed by atoms with E-state index < -0.39 is 10.0 Å². The maximum absolute atomic E-state index is 11.6. The third kappa shape index (κ3) is 3.36. The zero-order valence-corrected chi connectivity index (χ0v) is 12.8. The van der Waals surface area contributed by atoms with Crippen molar-refractivity contribution in [3.8, 4) is 0 Å². The van der Waals surface area contributed by atoms with E-state index in [0.717, 1.165) is 37.4 Å². The van der Waals surface area contributed by atoms with Crippen LogP contribution >= 0.6 is 0 Å². The molecule has 2 N–H and O–H groups in total. The Hall–Kier alpha value is -0.990. The van der Waals surface area contributed by atoms with Gasteiger partial charge in [-0.3, -0.25) is 4.57 Å². The molecule has 1 saturated carbocycles. The first-order valence-corrected chi connectivity index (χ1v) is 8.43. The molecule has 1 aliphatic rings. The van der Waals surface area contributed by atoms with Gasteiger partial charge in [0.1, 0.15) is 5.82 Å². The molecule has 1 fully saturated rings. The van der Waals surface area contributed by atoms with Gasteiger partial charge in [-0.1, -0.05) is 19.8 Å². The number of ether oxygens (including phenoxy) is 1. The van der Waals surface area contributed by atoms with Crippen molar-refractivity contribution in [3.63, 3.8) is 0 Å². The first-order valence-electron chi connectivity index (χ1n) is 6.88. The second-order valence-corrected chi connectivity index (χ2v) is 6.94. The fraction of sp³-hybridized carbons (Fsp3) is 0.833. The lowest BCUT2D eigenvalue weighted by Crippen LogP contribution is -2.22. The highest BCUT2D eigenvalue weighted by Gasteiger charge is 2.28. The topological polar surface area (TPSA) is 100 Å². The van der Waals surface area contributed by atoms with Crippen LogP contribution in [0.4, 0.5) is 0 Å². The molecule has 7 nitrogen and oxygen atoms in total. The first kappa shape index (κ1) is 15.4. The molecule has 0 atom stereocenters. The Bertz CT molecular complexity index is 547. The minimum absolute atomic E-state index is 0.164. The van der Waals surface area contributed by atoms with Crippen LogP contribution in [0, 0.1) is 5.92 Å². The van der Waals surface area contributed by atoms with Crippen LogP contribution in [0.2, 0.25) is 0 Å². The number of aromatic nitrogens is 3. The molecule has 0 saturated heterocycles. The van der Waals surface area contributed by atoms with Crippen LogP contribution in [0.25, 0.3) is 0 Å². The summed E-state index contributed by atoms with van der Waals surface area (Å²) in [6.45, 7) is 3.04. The van der Waals surface area contributed by atoms with E-state index >= 15 is 0 Å². The van der Waals surface area contributed by atoms with Gasteiger partial charge in [-0.05, 0) is 18.8 Å². The Morgan fingerprint density at radius 2 is 1.95 bits per heavy atom. The van der Waals surface area contributed by atoms with Gasteiger partial charge in [-0.15, -0.1) is 10.2 Å². The summed E-state index contributed by atoms with van der Waals surface area (Å²) in [7, 11) is -2.29. The van der Waals surface area contributed by atoms with Crippen molar-refractivity contribution in [1.82, 2.24) is 14.8 Å². The van der Waals surface area contributed by atoms with E-state index in [1.807, 2.05) is 0 Å². The molecule has 0 unspecified atom stereocenters. The monoisotopic (exact) mass is 302 g/mol. The summed E-state index contributed by atoms with van der Waals surface area (Å²) in [6.07, 6.45) is 4.28. The van der Waals surface area contributed by atoms with Gasteiger partial charge in [0.25, 0.3) is 15.2 Å². The SMILES string of the molecule is COCCn1c(C2CCC(C)CC2)nnc1S(N)(=O)=O. The molecule has 0 aromatic carbocycles. The summed E-state index contributed by atoms with van der Waals surface area (Å²) in [5.74, 6) is 1.70. The molecule has 1 heterocycles. The van der Waals surface area contributed by atoms with Gasteiger partial charge < -0.3 is 4.74 Å². The molecule has 20 heavy (non-hydrogen) atoms. The average Bonchev–Trinajstić information content (AvgIpc) is 2.81. The van der Waals surface area contributed by atoms with Gasteiger partial charge in [0.15, 0.2) is 0 Å². The normalized spacial score (nSPS) is 23.9. The number of methoxy groups -OCH3 is 1. The standard InChI is InChI=1S/C12H22N4O3S/c1-9-3-5-10(6-4-9)11-14-15-12(20(13,17)18)16(11)7-8-19-2/h9-10H,3-8H2,1-2H3,(H2,13,17,18). The lowest BCUT2D eigenvalue weighted by molar-refractivity contribution is 0.182. The van der Waals surface area contributed by atoms with Gasteiger partial charge >= 0.3 is 0 Å². The molecule has 0 amide bonds. The summed E-state index contributed by atoms with van der Waals surface area (Å²) in [6, 6.07) is 0. The first-order chi connectivity index (χ1) is 9.43. The van der Waals surface area contributed by atoms with Crippen molar-refractivity contribution >= 4 is 10.0 Å². The third-order valence-electron chi connectivity index (χ3n) is 3.90. The van der Waals surface area contributed by atoms with E-state index in [1.54, 1.807) is 11.7 Å². The summed E-state index contributed by atoms with van der Waals surface area (Å²) < 4.78 is 29.8. The third-order valence-corrected chi connectivity index (χ3v) is 4.71. The van der Waals surface area contributed by atoms with Gasteiger partial charge in [0.05, 0.1) is 6.61 Å². The van der Waals surface area contributed by atoms with Crippen molar-refractivity contribution in [2.24, 2.45) is 11.1 Å². The van der Waals surface area contributed by atoms with Gasteiger partial charge in [-0.25, -0.2) is 13.6 Å². The smallest absolute Gasteiger partial charge is 0.273 e. The maximum Gasteiger partial charge on any atom is 0.273 e. The van der Waals surface area contributed by atoms with E-state index in [0.29, 0.717) is 13.2 Å². The number of nitrogens with zero attached hydrogens (tertiary/aromatic N) is 3. The van der Waals surface area contributed by atoms with Crippen LogP contribution in [-0.2, 0) is 21.3 Å². The lowest BCUT2D eigenvalue weighted by Gasteiger charge is -2.25. The molecular weight excluding hydrogens is 280 g/mol. The Morgan fingerprint density at radius 3 is 2.50 bits per heavy atom. The van der Waals surface area contributed by atoms with Crippen LogP contribution < -0.4 is 5.14 Å². The van der Waals surface area contributed by atoms with Crippen LogP contribution in [0.15, 0.2) is 5.16 Å². The number of nitrogens with two attached hydrogens (primary N) is 1. The summed E-state index contributed by atoms with van der Waals surface area (Å²) in [4.78, 5) is 0. The van der Waals surface area contributed by atoms with Crippen LogP contribution in [0.1, 0.15) is 44.3 Å². The zero-order valence-electron chi connectivity index (χ0n) is 11.9. The molecule has 1 aromatic rings. The molecule has 0 radical (unpaired) electrons. The summed E-state index contributed by atoms with van der Waals surface area (Å²) in [5, 5.41) is 12.9. The highest BCUT2D eigenvalue weighted by molar-refractivity contribution is 7.89. The van der Waals surface area contributed by atoms with Gasteiger partial charge in [0.2, 0.25) is 0 Å². The summed E-state index contributed by atoms with van der Waals surface area (Å²) >= 11 is 0. The van der Waals surface area contributed by atoms with Crippen LogP contribution in [0.5, 0.6) is 0 Å². The van der Waals surface area contributed by atoms with Crippen molar-refractivity contribution in [1.29, 1.82) is 0 Å². The largest absolute Gasteiger partial charge is 0.383 e. The summed E-state index contributed by atoms with van der Waals surface area (Å²) in [5.41, 5.74) is 0. The molecule has 0 spiro atoms. The lowest BCUT2D eigenvalue weighted by atomic mass is 9.82. The highest BCUT2D eigenvalue weighted by Crippen LogP contribution is 2.35. The maximum atomic E-state index is 11.6. The van der Waals surface area contributed by atoms with Crippen molar-refractivity contribution in [2.75, 3.05) is 13.7 Å². The Kier molecular flexibility index (Phi) is 4.77. The molecule has 114 valence electrons. The molecular formula is C12H22N4O3S. The van der Waals surface area contributed by atoms with E-state index in [-0.39, 0.29) is 11.1 Å². The van der Waals surface area contributed by atoms with E-state index in [4.69, 9.17) is 9.88 Å². The second-order valence-electron chi connectivity index (χ2n) is 5.49. The molecule has 0 bridgehead atoms. The Morgan fingerprint density at radius 1 is 1.30 bits per heavy atom. The number of primary sulfonamides is 1. The number of rotatable bonds is 5. The minimum Gasteiger partial charge on any atom is -0.383 e. The number of hydrogen-bond donors (Lipinski definition) is 1. The predicted molar refractivity (Wildman–Crippen MR) is 73.6 cm³/mol. The van der Waals surface area contributed by atoms with E-state index in [2.05, 4.69) is 17.1 Å². The highest BCUT2D eigenvalue weighted by atomic mass is 32.2. The van der Waals surface area contributed by atoms with Crippen LogP contribution in [-0.4, -0.2) is 36.9 Å².